The molecule has 198 valence electrons. The molecular formula is C30H26ClN3O5. The van der Waals surface area contributed by atoms with Crippen molar-refractivity contribution in [2.24, 2.45) is 5.41 Å². The number of hydrogen-bond acceptors (Lipinski definition) is 7. The molecule has 0 radical (unpaired) electrons. The molecule has 3 aromatic rings. The molecule has 1 N–H and O–H groups in total. The van der Waals surface area contributed by atoms with Gasteiger partial charge in [-0.1, -0.05) is 41.9 Å². The molecule has 0 aliphatic carbocycles. The number of methoxy groups -OCH3 is 3. The molecule has 0 spiro atoms. The Morgan fingerprint density at radius 1 is 1.00 bits per heavy atom. The highest BCUT2D eigenvalue weighted by molar-refractivity contribution is 6.30. The highest BCUT2D eigenvalue weighted by Crippen LogP contribution is 2.61. The number of nitrogens with one attached hydrogen (secondary N) is 1. The third kappa shape index (κ3) is 4.16. The summed E-state index contributed by atoms with van der Waals surface area (Å²) in [6, 6.07) is 20.0. The molecule has 1 amide bonds. The number of nitriles is 1. The number of fused-ring (bicyclic) bond motifs is 3. The van der Waals surface area contributed by atoms with Gasteiger partial charge in [0.25, 0.3) is 0 Å². The largest absolute Gasteiger partial charge is 0.493 e. The summed E-state index contributed by atoms with van der Waals surface area (Å²) in [5, 5.41) is 14.3. The second-order valence-electron chi connectivity index (χ2n) is 9.30. The zero-order valence-electron chi connectivity index (χ0n) is 21.6. The summed E-state index contributed by atoms with van der Waals surface area (Å²) >= 11 is 6.04. The van der Waals surface area contributed by atoms with E-state index < -0.39 is 35.3 Å². The molecule has 1 saturated heterocycles. The summed E-state index contributed by atoms with van der Waals surface area (Å²) in [6.45, 7) is 0. The molecule has 39 heavy (non-hydrogen) atoms. The number of anilines is 1. The van der Waals surface area contributed by atoms with Gasteiger partial charge in [0, 0.05) is 22.8 Å². The number of nitrogens with zero attached hydrogens (tertiary/aromatic N) is 2. The average molecular weight is 544 g/mol. The van der Waals surface area contributed by atoms with Gasteiger partial charge in [-0.05, 0) is 59.2 Å². The molecule has 3 aromatic carbocycles. The maximum atomic E-state index is 14.1. The van der Waals surface area contributed by atoms with E-state index in [4.69, 9.17) is 25.8 Å². The highest BCUT2D eigenvalue weighted by Gasteiger charge is 2.68. The predicted molar refractivity (Wildman–Crippen MR) is 146 cm³/mol. The second kappa shape index (κ2) is 10.4. The summed E-state index contributed by atoms with van der Waals surface area (Å²) < 4.78 is 16.2. The van der Waals surface area contributed by atoms with Crippen molar-refractivity contribution in [3.63, 3.8) is 0 Å². The van der Waals surface area contributed by atoms with Crippen molar-refractivity contribution in [2.75, 3.05) is 26.6 Å². The number of amides is 1. The third-order valence-electron chi connectivity index (χ3n) is 7.43. The van der Waals surface area contributed by atoms with Gasteiger partial charge >= 0.3 is 5.97 Å². The Morgan fingerprint density at radius 3 is 2.38 bits per heavy atom. The van der Waals surface area contributed by atoms with Crippen LogP contribution >= 0.6 is 11.6 Å². The van der Waals surface area contributed by atoms with E-state index in [1.807, 2.05) is 30.3 Å². The van der Waals surface area contributed by atoms with E-state index in [9.17, 15) is 14.9 Å². The Hall–Kier alpha value is -4.48. The topological polar surface area (TPSA) is 101 Å². The van der Waals surface area contributed by atoms with E-state index in [0.717, 1.165) is 11.1 Å². The molecule has 5 rings (SSSR count). The van der Waals surface area contributed by atoms with Crippen LogP contribution in [0.15, 0.2) is 72.9 Å². The standard InChI is InChI=1S/C30H26ClN3O5/c1-37-23-13-8-19(16-24(23)38-2)25-26(28(35)33-21-11-9-20(31)10-12-21)34-15-14-18-6-4-5-7-22(18)27(34)30(25,17-32)29(36)39-3/h4-16,25-27H,1-3H3,(H,33,35)/t25-,26+,27-,30-/m1/s1. The Bertz CT molecular complexity index is 1500. The van der Waals surface area contributed by atoms with Gasteiger partial charge in [0.05, 0.1) is 33.4 Å². The minimum atomic E-state index is -1.78. The number of ether oxygens (including phenoxy) is 3. The minimum absolute atomic E-state index is 0.396. The van der Waals surface area contributed by atoms with Crippen LogP contribution in [-0.2, 0) is 14.3 Å². The van der Waals surface area contributed by atoms with Gasteiger partial charge in [0.1, 0.15) is 6.04 Å². The molecule has 0 unspecified atom stereocenters. The number of carbonyl (C=O) groups is 2. The monoisotopic (exact) mass is 543 g/mol. The minimum Gasteiger partial charge on any atom is -0.493 e. The molecule has 2 aliphatic heterocycles. The number of rotatable bonds is 6. The molecule has 0 aromatic heterocycles. The maximum absolute atomic E-state index is 14.1. The molecular weight excluding hydrogens is 518 g/mol. The second-order valence-corrected chi connectivity index (χ2v) is 9.74. The SMILES string of the molecule is COC(=O)[C@]1(C#N)[C@H](c2ccc(OC)c(OC)c2)[C@@H](C(=O)Nc2ccc(Cl)cc2)N2C=Cc3ccccc3[C@@H]21. The van der Waals surface area contributed by atoms with Crippen LogP contribution in [0.1, 0.15) is 28.7 Å². The molecule has 1 fully saturated rings. The van der Waals surface area contributed by atoms with Crippen LogP contribution in [0, 0.1) is 16.7 Å². The number of halogens is 1. The zero-order valence-corrected chi connectivity index (χ0v) is 22.3. The van der Waals surface area contributed by atoms with E-state index in [0.29, 0.717) is 27.8 Å². The molecule has 2 aliphatic rings. The van der Waals surface area contributed by atoms with Crippen LogP contribution in [-0.4, -0.2) is 44.1 Å². The summed E-state index contributed by atoms with van der Waals surface area (Å²) in [7, 11) is 4.27. The fraction of sp³-hybridized carbons (Fsp3) is 0.233. The van der Waals surface area contributed by atoms with Gasteiger partial charge in [-0.15, -0.1) is 0 Å². The van der Waals surface area contributed by atoms with Gasteiger partial charge in [0.2, 0.25) is 5.91 Å². The van der Waals surface area contributed by atoms with Crippen LogP contribution in [0.4, 0.5) is 5.69 Å². The molecule has 0 bridgehead atoms. The number of esters is 1. The first kappa shape index (κ1) is 26.1. The Labute approximate surface area is 231 Å². The van der Waals surface area contributed by atoms with Gasteiger partial charge in [-0.25, -0.2) is 0 Å². The van der Waals surface area contributed by atoms with E-state index in [1.54, 1.807) is 53.6 Å². The highest BCUT2D eigenvalue weighted by atomic mass is 35.5. The first-order chi connectivity index (χ1) is 18.9. The van der Waals surface area contributed by atoms with Gasteiger partial charge < -0.3 is 24.4 Å². The number of hydrogen-bond donors (Lipinski definition) is 1. The molecule has 8 nitrogen and oxygen atoms in total. The fourth-order valence-electron chi connectivity index (χ4n) is 5.76. The van der Waals surface area contributed by atoms with Gasteiger partial charge in [-0.2, -0.15) is 5.26 Å². The van der Waals surface area contributed by atoms with Crippen molar-refractivity contribution in [2.45, 2.75) is 18.0 Å². The lowest BCUT2D eigenvalue weighted by Gasteiger charge is -2.35. The van der Waals surface area contributed by atoms with Crippen molar-refractivity contribution in [3.8, 4) is 17.6 Å². The van der Waals surface area contributed by atoms with E-state index in [-0.39, 0.29) is 0 Å². The summed E-state index contributed by atoms with van der Waals surface area (Å²) in [5.41, 5.74) is 0.903. The predicted octanol–water partition coefficient (Wildman–Crippen LogP) is 5.17. The maximum Gasteiger partial charge on any atom is 0.329 e. The number of benzene rings is 3. The fourth-order valence-corrected chi connectivity index (χ4v) is 5.89. The number of carbonyl (C=O) groups excluding carboxylic acids is 2. The molecule has 2 heterocycles. The Morgan fingerprint density at radius 2 is 1.72 bits per heavy atom. The van der Waals surface area contributed by atoms with Crippen molar-refractivity contribution < 1.29 is 23.8 Å². The van der Waals surface area contributed by atoms with E-state index >= 15 is 0 Å². The smallest absolute Gasteiger partial charge is 0.329 e. The Balaban J connectivity index is 1.75. The summed E-state index contributed by atoms with van der Waals surface area (Å²) in [5.74, 6) is -1.18. The molecule has 9 heteroatoms. The first-order valence-corrected chi connectivity index (χ1v) is 12.6. The van der Waals surface area contributed by atoms with Crippen molar-refractivity contribution in [1.29, 1.82) is 5.26 Å². The lowest BCUT2D eigenvalue weighted by atomic mass is 9.67. The third-order valence-corrected chi connectivity index (χ3v) is 7.68. The average Bonchev–Trinajstić information content (AvgIpc) is 3.29. The first-order valence-electron chi connectivity index (χ1n) is 12.2. The van der Waals surface area contributed by atoms with Crippen molar-refractivity contribution >= 4 is 35.2 Å². The quantitative estimate of drug-likeness (QED) is 0.428. The van der Waals surface area contributed by atoms with Crippen LogP contribution < -0.4 is 14.8 Å². The lowest BCUT2D eigenvalue weighted by molar-refractivity contribution is -0.151. The van der Waals surface area contributed by atoms with E-state index in [1.165, 1.54) is 21.3 Å². The van der Waals surface area contributed by atoms with Gasteiger partial charge in [-0.3, -0.25) is 9.59 Å². The van der Waals surface area contributed by atoms with Crippen LogP contribution in [0.3, 0.4) is 0 Å². The summed E-state index contributed by atoms with van der Waals surface area (Å²) in [4.78, 5) is 29.7. The zero-order chi connectivity index (χ0) is 27.7. The Kier molecular flexibility index (Phi) is 6.94. The molecule has 4 atom stereocenters. The van der Waals surface area contributed by atoms with E-state index in [2.05, 4.69) is 11.4 Å². The lowest BCUT2D eigenvalue weighted by Crippen LogP contribution is -2.42. The van der Waals surface area contributed by atoms with Crippen molar-refractivity contribution in [1.82, 2.24) is 4.90 Å². The van der Waals surface area contributed by atoms with Gasteiger partial charge in [0.15, 0.2) is 16.9 Å². The van der Waals surface area contributed by atoms with Crippen LogP contribution in [0.2, 0.25) is 5.02 Å². The van der Waals surface area contributed by atoms with Crippen LogP contribution in [0.5, 0.6) is 11.5 Å². The van der Waals surface area contributed by atoms with Crippen LogP contribution in [0.25, 0.3) is 6.08 Å². The molecule has 0 saturated carbocycles. The summed E-state index contributed by atoms with van der Waals surface area (Å²) in [6.07, 6.45) is 3.65. The normalized spacial score (nSPS) is 22.7. The van der Waals surface area contributed by atoms with Crippen molar-refractivity contribution in [3.05, 3.63) is 94.6 Å².